The van der Waals surface area contributed by atoms with Crippen LogP contribution in [-0.2, 0) is 14.2 Å². The molecule has 2 heterocycles. The third kappa shape index (κ3) is 1.81. The van der Waals surface area contributed by atoms with Crippen LogP contribution < -0.4 is 0 Å². The third-order valence-electron chi connectivity index (χ3n) is 4.03. The van der Waals surface area contributed by atoms with E-state index < -0.39 is 5.79 Å². The summed E-state index contributed by atoms with van der Waals surface area (Å²) in [6.07, 6.45) is 1.83. The number of hydrogen-bond acceptors (Lipinski definition) is 4. The summed E-state index contributed by atoms with van der Waals surface area (Å²) < 4.78 is 16.7. The molecule has 5 nitrogen and oxygen atoms in total. The zero-order valence-electron chi connectivity index (χ0n) is 10.2. The largest absolute Gasteiger partial charge is 0.450 e. The van der Waals surface area contributed by atoms with Crippen molar-refractivity contribution in [3.8, 4) is 0 Å². The highest BCUT2D eigenvalue weighted by Gasteiger charge is 2.55. The van der Waals surface area contributed by atoms with Crippen LogP contribution in [0.3, 0.4) is 0 Å². The lowest BCUT2D eigenvalue weighted by molar-refractivity contribution is -0.181. The lowest BCUT2D eigenvalue weighted by Gasteiger charge is -2.33. The number of hydrogen-bond donors (Lipinski definition) is 0. The van der Waals surface area contributed by atoms with E-state index in [-0.39, 0.29) is 6.09 Å². The molecule has 0 aromatic heterocycles. The minimum Gasteiger partial charge on any atom is -0.450 e. The second kappa shape index (κ2) is 4.14. The highest BCUT2D eigenvalue weighted by Crippen LogP contribution is 2.48. The molecule has 0 aromatic rings. The summed E-state index contributed by atoms with van der Waals surface area (Å²) in [5.41, 5.74) is 0. The van der Waals surface area contributed by atoms with Crippen molar-refractivity contribution < 1.29 is 19.0 Å². The maximum Gasteiger partial charge on any atom is 0.409 e. The maximum absolute atomic E-state index is 11.7. The van der Waals surface area contributed by atoms with Crippen molar-refractivity contribution >= 4 is 6.09 Å². The van der Waals surface area contributed by atoms with E-state index in [0.717, 1.165) is 19.4 Å². The van der Waals surface area contributed by atoms with Gasteiger partial charge in [-0.3, -0.25) is 0 Å². The summed E-state index contributed by atoms with van der Waals surface area (Å²) in [6, 6.07) is 0. The van der Waals surface area contributed by atoms with Crippen LogP contribution in [-0.4, -0.2) is 49.7 Å². The standard InChI is InChI=1S/C12H19NO4/c1-2-15-11(14)13-7-9-5-10(8-13)12(6-9)16-3-4-17-12/h9-10H,2-8H2,1H3. The first-order valence-corrected chi connectivity index (χ1v) is 6.43. The maximum atomic E-state index is 11.7. The molecule has 5 heteroatoms. The average molecular weight is 241 g/mol. The SMILES string of the molecule is CCOC(=O)N1CC2CC(C1)C1(C2)OCCO1. The number of carbonyl (C=O) groups excluding carboxylic acids is 1. The zero-order chi connectivity index (χ0) is 11.9. The highest BCUT2D eigenvalue weighted by atomic mass is 16.7. The van der Waals surface area contributed by atoms with Crippen molar-refractivity contribution in [2.45, 2.75) is 25.6 Å². The Morgan fingerprint density at radius 2 is 2.18 bits per heavy atom. The number of nitrogens with zero attached hydrogens (tertiary/aromatic N) is 1. The van der Waals surface area contributed by atoms with Gasteiger partial charge in [0.2, 0.25) is 0 Å². The Labute approximate surface area is 101 Å². The zero-order valence-corrected chi connectivity index (χ0v) is 10.2. The first-order valence-electron chi connectivity index (χ1n) is 6.43. The normalized spacial score (nSPS) is 34.3. The van der Waals surface area contributed by atoms with Crippen LogP contribution in [0.5, 0.6) is 0 Å². The van der Waals surface area contributed by atoms with Crippen LogP contribution in [0.4, 0.5) is 4.79 Å². The molecule has 96 valence electrons. The first-order chi connectivity index (χ1) is 8.23. The van der Waals surface area contributed by atoms with Crippen LogP contribution in [0.25, 0.3) is 0 Å². The number of likely N-dealkylation sites (tertiary alicyclic amines) is 1. The second-order valence-corrected chi connectivity index (χ2v) is 5.12. The molecule has 3 aliphatic rings. The van der Waals surface area contributed by atoms with E-state index in [1.807, 2.05) is 11.8 Å². The number of rotatable bonds is 1. The summed E-state index contributed by atoms with van der Waals surface area (Å²) in [7, 11) is 0. The molecular weight excluding hydrogens is 222 g/mol. The second-order valence-electron chi connectivity index (χ2n) is 5.12. The Morgan fingerprint density at radius 3 is 2.88 bits per heavy atom. The fraction of sp³-hybridized carbons (Fsp3) is 0.917. The van der Waals surface area contributed by atoms with E-state index in [1.165, 1.54) is 0 Å². The van der Waals surface area contributed by atoms with Gasteiger partial charge in [-0.1, -0.05) is 0 Å². The molecule has 3 rings (SSSR count). The molecule has 1 spiro atoms. The predicted molar refractivity (Wildman–Crippen MR) is 59.4 cm³/mol. The van der Waals surface area contributed by atoms with Gasteiger partial charge in [-0.05, 0) is 19.3 Å². The fourth-order valence-electron chi connectivity index (χ4n) is 3.43. The molecule has 2 saturated heterocycles. The molecule has 3 fully saturated rings. The summed E-state index contributed by atoms with van der Waals surface area (Å²) in [5.74, 6) is 0.413. The topological polar surface area (TPSA) is 48.0 Å². The van der Waals surface area contributed by atoms with Crippen molar-refractivity contribution in [2.24, 2.45) is 11.8 Å². The summed E-state index contributed by atoms with van der Waals surface area (Å²) >= 11 is 0. The smallest absolute Gasteiger partial charge is 0.409 e. The molecule has 0 aromatic carbocycles. The van der Waals surface area contributed by atoms with Gasteiger partial charge >= 0.3 is 6.09 Å². The van der Waals surface area contributed by atoms with Crippen molar-refractivity contribution in [2.75, 3.05) is 32.9 Å². The summed E-state index contributed by atoms with van der Waals surface area (Å²) in [4.78, 5) is 13.6. The molecule has 1 aliphatic carbocycles. The van der Waals surface area contributed by atoms with Gasteiger partial charge in [0.1, 0.15) is 0 Å². The number of amides is 1. The molecular formula is C12H19NO4. The van der Waals surface area contributed by atoms with Crippen LogP contribution >= 0.6 is 0 Å². The van der Waals surface area contributed by atoms with Crippen molar-refractivity contribution in [1.82, 2.24) is 4.90 Å². The molecule has 1 amide bonds. The molecule has 2 aliphatic heterocycles. The van der Waals surface area contributed by atoms with Gasteiger partial charge in [0.25, 0.3) is 0 Å². The Bertz CT molecular complexity index is 314. The molecule has 1 saturated carbocycles. The van der Waals surface area contributed by atoms with E-state index in [9.17, 15) is 4.79 Å². The molecule has 2 atom stereocenters. The minimum absolute atomic E-state index is 0.197. The Morgan fingerprint density at radius 1 is 1.41 bits per heavy atom. The molecule has 2 bridgehead atoms. The van der Waals surface area contributed by atoms with Gasteiger partial charge in [-0.2, -0.15) is 0 Å². The van der Waals surface area contributed by atoms with E-state index >= 15 is 0 Å². The monoisotopic (exact) mass is 241 g/mol. The Kier molecular flexibility index (Phi) is 2.75. The van der Waals surface area contributed by atoms with Crippen LogP contribution in [0, 0.1) is 11.8 Å². The Balaban J connectivity index is 1.70. The highest BCUT2D eigenvalue weighted by molar-refractivity contribution is 5.67. The summed E-state index contributed by atoms with van der Waals surface area (Å²) in [6.45, 7) is 5.12. The van der Waals surface area contributed by atoms with Gasteiger partial charge in [-0.25, -0.2) is 4.79 Å². The molecule has 0 radical (unpaired) electrons. The number of ether oxygens (including phenoxy) is 3. The molecule has 0 N–H and O–H groups in total. The minimum atomic E-state index is -0.397. The number of fused-ring (bicyclic) bond motifs is 3. The lowest BCUT2D eigenvalue weighted by atomic mass is 9.98. The van der Waals surface area contributed by atoms with Crippen LogP contribution in [0.2, 0.25) is 0 Å². The van der Waals surface area contributed by atoms with Gasteiger partial charge in [-0.15, -0.1) is 0 Å². The number of piperidine rings is 1. The third-order valence-corrected chi connectivity index (χ3v) is 4.03. The van der Waals surface area contributed by atoms with Gasteiger partial charge in [0.15, 0.2) is 5.79 Å². The lowest BCUT2D eigenvalue weighted by Crippen LogP contribution is -2.45. The van der Waals surface area contributed by atoms with Gasteiger partial charge < -0.3 is 19.1 Å². The van der Waals surface area contributed by atoms with Crippen LogP contribution in [0.1, 0.15) is 19.8 Å². The fourth-order valence-corrected chi connectivity index (χ4v) is 3.43. The van der Waals surface area contributed by atoms with Gasteiger partial charge in [0, 0.05) is 25.4 Å². The predicted octanol–water partition coefficient (Wildman–Crippen LogP) is 1.23. The van der Waals surface area contributed by atoms with E-state index in [0.29, 0.717) is 38.2 Å². The van der Waals surface area contributed by atoms with Crippen molar-refractivity contribution in [1.29, 1.82) is 0 Å². The first kappa shape index (κ1) is 11.3. The summed E-state index contributed by atoms with van der Waals surface area (Å²) in [5, 5.41) is 0. The van der Waals surface area contributed by atoms with E-state index in [1.54, 1.807) is 0 Å². The van der Waals surface area contributed by atoms with E-state index in [4.69, 9.17) is 14.2 Å². The van der Waals surface area contributed by atoms with Gasteiger partial charge in [0.05, 0.1) is 19.8 Å². The molecule has 2 unspecified atom stereocenters. The Hall–Kier alpha value is -0.810. The van der Waals surface area contributed by atoms with E-state index in [2.05, 4.69) is 0 Å². The van der Waals surface area contributed by atoms with Crippen LogP contribution in [0.15, 0.2) is 0 Å². The quantitative estimate of drug-likeness (QED) is 0.692. The molecule has 17 heavy (non-hydrogen) atoms. The average Bonchev–Trinajstić information content (AvgIpc) is 2.87. The van der Waals surface area contributed by atoms with Crippen molar-refractivity contribution in [3.63, 3.8) is 0 Å². The van der Waals surface area contributed by atoms with Crippen molar-refractivity contribution in [3.05, 3.63) is 0 Å². The number of carbonyl (C=O) groups is 1.